The Labute approximate surface area is 106 Å². The zero-order valence-electron chi connectivity index (χ0n) is 10.7. The zero-order valence-corrected chi connectivity index (χ0v) is 10.7. The van der Waals surface area contributed by atoms with Gasteiger partial charge in [-0.15, -0.1) is 0 Å². The fraction of sp³-hybridized carbons (Fsp3) is 0.462. The highest BCUT2D eigenvalue weighted by Crippen LogP contribution is 2.32. The summed E-state index contributed by atoms with van der Waals surface area (Å²) in [5, 5.41) is 5.66. The van der Waals surface area contributed by atoms with E-state index in [-0.39, 0.29) is 5.91 Å². The number of nitrogens with one attached hydrogen (secondary N) is 2. The summed E-state index contributed by atoms with van der Waals surface area (Å²) in [6, 6.07) is 3.89. The molecule has 2 N–H and O–H groups in total. The highest BCUT2D eigenvalue weighted by molar-refractivity contribution is 5.78. The summed E-state index contributed by atoms with van der Waals surface area (Å²) in [5.74, 6) is 1.51. The highest BCUT2D eigenvalue weighted by Gasteiger charge is 2.14. The van der Waals surface area contributed by atoms with Gasteiger partial charge in [0.25, 0.3) is 0 Å². The second kappa shape index (κ2) is 5.73. The van der Waals surface area contributed by atoms with Crippen molar-refractivity contribution in [2.45, 2.75) is 13.5 Å². The minimum atomic E-state index is -0.0215. The van der Waals surface area contributed by atoms with Gasteiger partial charge in [-0.25, -0.2) is 0 Å². The summed E-state index contributed by atoms with van der Waals surface area (Å²) >= 11 is 0. The molecule has 0 radical (unpaired) electrons. The summed E-state index contributed by atoms with van der Waals surface area (Å²) in [6.07, 6.45) is 0. The number of likely N-dealkylation sites (N-methyl/N-ethyl adjacent to an activating group) is 1. The van der Waals surface area contributed by atoms with Crippen molar-refractivity contribution in [2.24, 2.45) is 0 Å². The van der Waals surface area contributed by atoms with Gasteiger partial charge in [0.15, 0.2) is 11.5 Å². The molecule has 1 aliphatic heterocycles. The first-order chi connectivity index (χ1) is 8.70. The number of amides is 1. The Hall–Kier alpha value is -1.75. The minimum Gasteiger partial charge on any atom is -0.486 e. The fourth-order valence-corrected chi connectivity index (χ4v) is 1.84. The number of ether oxygens (including phenoxy) is 2. The zero-order chi connectivity index (χ0) is 13.0. The van der Waals surface area contributed by atoms with E-state index in [0.717, 1.165) is 22.6 Å². The van der Waals surface area contributed by atoms with Crippen molar-refractivity contribution >= 4 is 5.91 Å². The molecule has 98 valence electrons. The molecule has 2 rings (SSSR count). The van der Waals surface area contributed by atoms with Crippen molar-refractivity contribution in [3.8, 4) is 11.5 Å². The normalized spacial score (nSPS) is 13.2. The Morgan fingerprint density at radius 2 is 1.94 bits per heavy atom. The van der Waals surface area contributed by atoms with E-state index >= 15 is 0 Å². The molecule has 0 aliphatic carbocycles. The molecule has 5 heteroatoms. The van der Waals surface area contributed by atoms with E-state index in [1.165, 1.54) is 0 Å². The van der Waals surface area contributed by atoms with Crippen molar-refractivity contribution in [3.05, 3.63) is 23.3 Å². The summed E-state index contributed by atoms with van der Waals surface area (Å²) in [5.41, 5.74) is 2.13. The Morgan fingerprint density at radius 1 is 1.28 bits per heavy atom. The van der Waals surface area contributed by atoms with Gasteiger partial charge in [-0.1, -0.05) is 0 Å². The second-order valence-electron chi connectivity index (χ2n) is 4.23. The van der Waals surface area contributed by atoms with E-state index in [2.05, 4.69) is 10.6 Å². The molecule has 0 bridgehead atoms. The van der Waals surface area contributed by atoms with Crippen LogP contribution < -0.4 is 20.1 Å². The number of fused-ring (bicyclic) bond motifs is 1. The average molecular weight is 250 g/mol. The van der Waals surface area contributed by atoms with Gasteiger partial charge >= 0.3 is 0 Å². The summed E-state index contributed by atoms with van der Waals surface area (Å²) in [4.78, 5) is 11.4. The van der Waals surface area contributed by atoms with Gasteiger partial charge in [0, 0.05) is 6.54 Å². The van der Waals surface area contributed by atoms with Gasteiger partial charge in [0.1, 0.15) is 13.2 Å². The molecule has 1 heterocycles. The molecular formula is C13H18N2O3. The number of carbonyl (C=O) groups excluding carboxylic acids is 1. The van der Waals surface area contributed by atoms with Crippen molar-refractivity contribution in [1.82, 2.24) is 10.6 Å². The standard InChI is InChI=1S/C13H18N2O3/c1-9-5-11-12(18-4-3-17-11)6-10(9)7-15-13(16)8-14-2/h5-6,14H,3-4,7-8H2,1-2H3,(H,15,16). The van der Waals surface area contributed by atoms with Crippen LogP contribution in [0.15, 0.2) is 12.1 Å². The minimum absolute atomic E-state index is 0.0215. The number of hydrogen-bond donors (Lipinski definition) is 2. The van der Waals surface area contributed by atoms with Gasteiger partial charge in [-0.05, 0) is 37.2 Å². The van der Waals surface area contributed by atoms with E-state index in [9.17, 15) is 4.79 Å². The predicted molar refractivity (Wildman–Crippen MR) is 67.9 cm³/mol. The largest absolute Gasteiger partial charge is 0.486 e. The summed E-state index contributed by atoms with van der Waals surface area (Å²) in [7, 11) is 1.74. The van der Waals surface area contributed by atoms with Gasteiger partial charge in [0.05, 0.1) is 6.54 Å². The van der Waals surface area contributed by atoms with Crippen LogP contribution in [0, 0.1) is 6.92 Å². The third kappa shape index (κ3) is 2.92. The van der Waals surface area contributed by atoms with E-state index in [1.54, 1.807) is 7.05 Å². The van der Waals surface area contributed by atoms with E-state index in [1.807, 2.05) is 19.1 Å². The van der Waals surface area contributed by atoms with Gasteiger partial charge < -0.3 is 20.1 Å². The summed E-state index contributed by atoms with van der Waals surface area (Å²) < 4.78 is 11.0. The van der Waals surface area contributed by atoms with Crippen molar-refractivity contribution in [3.63, 3.8) is 0 Å². The number of rotatable bonds is 4. The van der Waals surface area contributed by atoms with Gasteiger partial charge in [-0.2, -0.15) is 0 Å². The first-order valence-corrected chi connectivity index (χ1v) is 6.01. The van der Waals surface area contributed by atoms with Crippen LogP contribution >= 0.6 is 0 Å². The van der Waals surface area contributed by atoms with Crippen LogP contribution in [0.1, 0.15) is 11.1 Å². The molecule has 1 aromatic rings. The summed E-state index contributed by atoms with van der Waals surface area (Å²) in [6.45, 7) is 3.98. The molecule has 0 aromatic heterocycles. The molecule has 18 heavy (non-hydrogen) atoms. The Morgan fingerprint density at radius 3 is 2.61 bits per heavy atom. The van der Waals surface area contributed by atoms with Crippen LogP contribution in [-0.4, -0.2) is 32.7 Å². The van der Waals surface area contributed by atoms with Crippen LogP contribution in [0.2, 0.25) is 0 Å². The lowest BCUT2D eigenvalue weighted by atomic mass is 10.1. The quantitative estimate of drug-likeness (QED) is 0.821. The Kier molecular flexibility index (Phi) is 4.04. The van der Waals surface area contributed by atoms with Crippen LogP contribution in [0.4, 0.5) is 0 Å². The average Bonchev–Trinajstić information content (AvgIpc) is 2.36. The molecule has 0 saturated carbocycles. The van der Waals surface area contributed by atoms with Crippen LogP contribution in [0.3, 0.4) is 0 Å². The van der Waals surface area contributed by atoms with Crippen LogP contribution in [0.25, 0.3) is 0 Å². The van der Waals surface area contributed by atoms with Crippen molar-refractivity contribution < 1.29 is 14.3 Å². The number of hydrogen-bond acceptors (Lipinski definition) is 4. The molecule has 0 spiro atoms. The lowest BCUT2D eigenvalue weighted by Crippen LogP contribution is -2.31. The van der Waals surface area contributed by atoms with Gasteiger partial charge in [0.2, 0.25) is 5.91 Å². The molecule has 1 aliphatic rings. The third-order valence-electron chi connectivity index (χ3n) is 2.81. The SMILES string of the molecule is CNCC(=O)NCc1cc2c(cc1C)OCCO2. The second-order valence-corrected chi connectivity index (χ2v) is 4.23. The molecule has 5 nitrogen and oxygen atoms in total. The molecule has 0 atom stereocenters. The maximum atomic E-state index is 11.4. The van der Waals surface area contributed by atoms with E-state index in [4.69, 9.17) is 9.47 Å². The van der Waals surface area contributed by atoms with Crippen molar-refractivity contribution in [1.29, 1.82) is 0 Å². The fourth-order valence-electron chi connectivity index (χ4n) is 1.84. The molecule has 0 unspecified atom stereocenters. The predicted octanol–water partition coefficient (Wildman–Crippen LogP) is 0.602. The topological polar surface area (TPSA) is 59.6 Å². The highest BCUT2D eigenvalue weighted by atomic mass is 16.6. The van der Waals surface area contributed by atoms with Gasteiger partial charge in [-0.3, -0.25) is 4.79 Å². The molecular weight excluding hydrogens is 232 g/mol. The number of aryl methyl sites for hydroxylation is 1. The third-order valence-corrected chi connectivity index (χ3v) is 2.81. The molecule has 1 aromatic carbocycles. The number of carbonyl (C=O) groups is 1. The molecule has 1 amide bonds. The van der Waals surface area contributed by atoms with Crippen LogP contribution in [-0.2, 0) is 11.3 Å². The Balaban J connectivity index is 2.06. The first kappa shape index (κ1) is 12.7. The lowest BCUT2D eigenvalue weighted by Gasteiger charge is -2.20. The Bertz CT molecular complexity index is 446. The first-order valence-electron chi connectivity index (χ1n) is 6.01. The monoisotopic (exact) mass is 250 g/mol. The van der Waals surface area contributed by atoms with Crippen molar-refractivity contribution in [2.75, 3.05) is 26.8 Å². The van der Waals surface area contributed by atoms with Crippen LogP contribution in [0.5, 0.6) is 11.5 Å². The lowest BCUT2D eigenvalue weighted by molar-refractivity contribution is -0.120. The number of benzene rings is 1. The maximum Gasteiger partial charge on any atom is 0.234 e. The van der Waals surface area contributed by atoms with E-state index < -0.39 is 0 Å². The van der Waals surface area contributed by atoms with E-state index in [0.29, 0.717) is 26.3 Å². The smallest absolute Gasteiger partial charge is 0.234 e. The molecule has 0 fully saturated rings. The molecule has 0 saturated heterocycles. The maximum absolute atomic E-state index is 11.4.